The van der Waals surface area contributed by atoms with Crippen LogP contribution in [0.15, 0.2) is 18.2 Å². The summed E-state index contributed by atoms with van der Waals surface area (Å²) in [5.74, 6) is 0.665. The normalized spacial score (nSPS) is 22.7. The van der Waals surface area contributed by atoms with Crippen LogP contribution in [-0.2, 0) is 0 Å². The molecular formula is C15H21N3. The highest BCUT2D eigenvalue weighted by Gasteiger charge is 2.33. The van der Waals surface area contributed by atoms with Crippen molar-refractivity contribution >= 4 is 17.0 Å². The summed E-state index contributed by atoms with van der Waals surface area (Å²) >= 11 is 0. The van der Waals surface area contributed by atoms with Gasteiger partial charge in [0, 0.05) is 6.04 Å². The molecule has 1 aromatic heterocycles. The fraction of sp³-hybridized carbons (Fsp3) is 0.533. The highest BCUT2D eigenvalue weighted by atomic mass is 15.2. The molecule has 3 heteroatoms. The van der Waals surface area contributed by atoms with Gasteiger partial charge in [-0.3, -0.25) is 0 Å². The Hall–Kier alpha value is -1.51. The van der Waals surface area contributed by atoms with E-state index in [1.54, 1.807) is 0 Å². The third kappa shape index (κ3) is 1.78. The van der Waals surface area contributed by atoms with Crippen molar-refractivity contribution in [2.75, 3.05) is 5.73 Å². The highest BCUT2D eigenvalue weighted by Crippen LogP contribution is 2.45. The first-order chi connectivity index (χ1) is 8.46. The zero-order chi connectivity index (χ0) is 12.9. The molecule has 2 N–H and O–H groups in total. The fourth-order valence-corrected chi connectivity index (χ4v) is 3.23. The van der Waals surface area contributed by atoms with E-state index < -0.39 is 0 Å². The monoisotopic (exact) mass is 243 g/mol. The van der Waals surface area contributed by atoms with Gasteiger partial charge in [-0.25, -0.2) is 4.98 Å². The number of hydrogen-bond donors (Lipinski definition) is 1. The maximum atomic E-state index is 6.12. The molecule has 0 radical (unpaired) electrons. The van der Waals surface area contributed by atoms with Crippen molar-refractivity contribution in [3.05, 3.63) is 23.8 Å². The van der Waals surface area contributed by atoms with E-state index >= 15 is 0 Å². The number of benzene rings is 1. The number of imidazole rings is 1. The van der Waals surface area contributed by atoms with Crippen LogP contribution in [0.3, 0.4) is 0 Å². The first-order valence-electron chi connectivity index (χ1n) is 6.70. The summed E-state index contributed by atoms with van der Waals surface area (Å²) in [6.07, 6.45) is 3.66. The quantitative estimate of drug-likeness (QED) is 0.830. The van der Waals surface area contributed by atoms with E-state index in [1.165, 1.54) is 30.3 Å². The van der Waals surface area contributed by atoms with Gasteiger partial charge in [-0.05, 0) is 49.3 Å². The Morgan fingerprint density at radius 2 is 2.17 bits per heavy atom. The maximum absolute atomic E-state index is 6.12. The van der Waals surface area contributed by atoms with Gasteiger partial charge in [0.2, 0.25) is 5.95 Å². The van der Waals surface area contributed by atoms with E-state index in [0.717, 1.165) is 5.52 Å². The topological polar surface area (TPSA) is 43.8 Å². The number of nitrogens with two attached hydrogens (primary N) is 1. The van der Waals surface area contributed by atoms with E-state index in [2.05, 4.69) is 48.5 Å². The molecule has 96 valence electrons. The first-order valence-corrected chi connectivity index (χ1v) is 6.70. The number of nitrogen functional groups attached to an aromatic ring is 1. The van der Waals surface area contributed by atoms with Gasteiger partial charge in [0.05, 0.1) is 11.0 Å². The van der Waals surface area contributed by atoms with E-state index in [4.69, 9.17) is 5.73 Å². The zero-order valence-electron chi connectivity index (χ0n) is 11.4. The van der Waals surface area contributed by atoms with Crippen LogP contribution in [-0.4, -0.2) is 9.55 Å². The van der Waals surface area contributed by atoms with Crippen molar-refractivity contribution in [1.29, 1.82) is 0 Å². The van der Waals surface area contributed by atoms with Gasteiger partial charge < -0.3 is 10.3 Å². The Morgan fingerprint density at radius 3 is 2.83 bits per heavy atom. The molecule has 0 bridgehead atoms. The van der Waals surface area contributed by atoms with Crippen LogP contribution in [0.5, 0.6) is 0 Å². The molecule has 1 aliphatic rings. The molecule has 1 heterocycles. The van der Waals surface area contributed by atoms with Crippen molar-refractivity contribution in [2.45, 2.75) is 46.1 Å². The van der Waals surface area contributed by atoms with Crippen molar-refractivity contribution in [2.24, 2.45) is 5.41 Å². The summed E-state index contributed by atoms with van der Waals surface area (Å²) < 4.78 is 2.24. The average Bonchev–Trinajstić information content (AvgIpc) is 2.77. The van der Waals surface area contributed by atoms with Crippen molar-refractivity contribution in [3.63, 3.8) is 0 Å². The summed E-state index contributed by atoms with van der Waals surface area (Å²) in [4.78, 5) is 4.51. The molecule has 2 aromatic rings. The molecule has 1 fully saturated rings. The minimum Gasteiger partial charge on any atom is -0.369 e. The number of anilines is 1. The minimum atomic E-state index is 0.429. The Bertz CT molecular complexity index is 595. The molecule has 1 saturated carbocycles. The van der Waals surface area contributed by atoms with E-state index in [-0.39, 0.29) is 0 Å². The highest BCUT2D eigenvalue weighted by molar-refractivity contribution is 5.79. The van der Waals surface area contributed by atoms with Crippen molar-refractivity contribution in [3.8, 4) is 0 Å². The number of nitrogens with zero attached hydrogens (tertiary/aromatic N) is 2. The predicted molar refractivity (Wildman–Crippen MR) is 75.6 cm³/mol. The predicted octanol–water partition coefficient (Wildman–Crippen LogP) is 3.68. The number of fused-ring (bicyclic) bond motifs is 1. The molecule has 1 unspecified atom stereocenters. The second kappa shape index (κ2) is 3.74. The Kier molecular flexibility index (Phi) is 2.40. The Balaban J connectivity index is 2.09. The van der Waals surface area contributed by atoms with Crippen molar-refractivity contribution in [1.82, 2.24) is 9.55 Å². The maximum Gasteiger partial charge on any atom is 0.201 e. The lowest BCUT2D eigenvalue weighted by Gasteiger charge is -2.19. The van der Waals surface area contributed by atoms with Crippen LogP contribution in [0.1, 0.15) is 44.7 Å². The molecule has 1 aromatic carbocycles. The van der Waals surface area contributed by atoms with E-state index in [0.29, 0.717) is 17.4 Å². The van der Waals surface area contributed by atoms with E-state index in [1.807, 2.05) is 0 Å². The summed E-state index contributed by atoms with van der Waals surface area (Å²) in [6, 6.07) is 6.91. The van der Waals surface area contributed by atoms with Gasteiger partial charge in [-0.15, -0.1) is 0 Å². The van der Waals surface area contributed by atoms with Crippen LogP contribution in [0.4, 0.5) is 5.95 Å². The third-order valence-electron chi connectivity index (χ3n) is 4.18. The lowest BCUT2D eigenvalue weighted by Crippen LogP contribution is -2.11. The second-order valence-electron chi connectivity index (χ2n) is 6.39. The smallest absolute Gasteiger partial charge is 0.201 e. The van der Waals surface area contributed by atoms with Gasteiger partial charge in [0.15, 0.2) is 0 Å². The molecule has 3 rings (SSSR count). The summed E-state index contributed by atoms with van der Waals surface area (Å²) in [5.41, 5.74) is 9.99. The zero-order valence-corrected chi connectivity index (χ0v) is 11.4. The summed E-state index contributed by atoms with van der Waals surface area (Å²) in [7, 11) is 0. The third-order valence-corrected chi connectivity index (χ3v) is 4.18. The first kappa shape index (κ1) is 11.6. The molecular weight excluding hydrogens is 222 g/mol. The fourth-order valence-electron chi connectivity index (χ4n) is 3.23. The van der Waals surface area contributed by atoms with Crippen LogP contribution >= 0.6 is 0 Å². The molecule has 0 spiro atoms. The van der Waals surface area contributed by atoms with Crippen LogP contribution in [0.2, 0.25) is 0 Å². The summed E-state index contributed by atoms with van der Waals surface area (Å²) in [5, 5.41) is 0. The molecule has 0 amide bonds. The van der Waals surface area contributed by atoms with Gasteiger partial charge >= 0.3 is 0 Å². The van der Waals surface area contributed by atoms with Gasteiger partial charge in [0.25, 0.3) is 0 Å². The molecule has 1 atom stereocenters. The van der Waals surface area contributed by atoms with Crippen LogP contribution < -0.4 is 5.73 Å². The molecule has 0 aliphatic heterocycles. The lowest BCUT2D eigenvalue weighted by molar-refractivity contribution is 0.361. The van der Waals surface area contributed by atoms with Gasteiger partial charge in [0.1, 0.15) is 0 Å². The van der Waals surface area contributed by atoms with Crippen LogP contribution in [0, 0.1) is 12.3 Å². The van der Waals surface area contributed by atoms with E-state index in [9.17, 15) is 0 Å². The molecule has 1 aliphatic carbocycles. The van der Waals surface area contributed by atoms with Crippen LogP contribution in [0.25, 0.3) is 11.0 Å². The van der Waals surface area contributed by atoms with Gasteiger partial charge in [-0.2, -0.15) is 0 Å². The molecule has 0 saturated heterocycles. The number of aryl methyl sites for hydroxylation is 1. The Morgan fingerprint density at radius 1 is 1.39 bits per heavy atom. The minimum absolute atomic E-state index is 0.429. The van der Waals surface area contributed by atoms with Crippen molar-refractivity contribution < 1.29 is 0 Å². The number of hydrogen-bond acceptors (Lipinski definition) is 2. The second-order valence-corrected chi connectivity index (χ2v) is 6.39. The number of aromatic nitrogens is 2. The number of rotatable bonds is 1. The summed E-state index contributed by atoms with van der Waals surface area (Å²) in [6.45, 7) is 6.77. The molecule has 3 nitrogen and oxygen atoms in total. The lowest BCUT2D eigenvalue weighted by atomic mass is 9.92. The Labute approximate surface area is 108 Å². The largest absolute Gasteiger partial charge is 0.369 e. The molecule has 18 heavy (non-hydrogen) atoms. The van der Waals surface area contributed by atoms with Gasteiger partial charge in [-0.1, -0.05) is 19.9 Å². The SMILES string of the molecule is Cc1ccc2c(c1)nc(N)n2C1CCC(C)(C)C1. The standard InChI is InChI=1S/C15H21N3/c1-10-4-5-13-12(8-10)17-14(16)18(13)11-6-7-15(2,3)9-11/h4-5,8,11H,6-7,9H2,1-3H3,(H2,16,17). The average molecular weight is 243 g/mol.